The van der Waals surface area contributed by atoms with Gasteiger partial charge in [-0.15, -0.1) is 0 Å². The van der Waals surface area contributed by atoms with Gasteiger partial charge in [0.1, 0.15) is 5.75 Å². The monoisotopic (exact) mass is 446 g/mol. The number of halogens is 1. The number of Topliss-reactive ketones (excluding diaryl/α,β-unsaturated/α-hetero) is 1. The summed E-state index contributed by atoms with van der Waals surface area (Å²) >= 11 is 3.48. The first-order valence-corrected chi connectivity index (χ1v) is 10.4. The molecular formula is C24H19BrN2O2. The number of ketones is 1. The van der Waals surface area contributed by atoms with Gasteiger partial charge in [0.25, 0.3) is 6.23 Å². The summed E-state index contributed by atoms with van der Waals surface area (Å²) in [7, 11) is 0. The van der Waals surface area contributed by atoms with Crippen LogP contribution in [0.25, 0.3) is 0 Å². The highest BCUT2D eigenvalue weighted by molar-refractivity contribution is 9.10. The van der Waals surface area contributed by atoms with Crippen LogP contribution in [0.4, 0.5) is 0 Å². The van der Waals surface area contributed by atoms with Crippen molar-refractivity contribution in [1.29, 1.82) is 0 Å². The highest BCUT2D eigenvalue weighted by Gasteiger charge is 2.43. The molecule has 5 heteroatoms. The molecule has 0 aromatic heterocycles. The number of hydrazone groups is 1. The van der Waals surface area contributed by atoms with E-state index in [0.29, 0.717) is 5.56 Å². The molecule has 5 rings (SSSR count). The molecule has 0 saturated carbocycles. The van der Waals surface area contributed by atoms with E-state index in [9.17, 15) is 4.79 Å². The van der Waals surface area contributed by atoms with E-state index in [4.69, 9.17) is 9.84 Å². The first-order chi connectivity index (χ1) is 14.1. The fraction of sp³-hybridized carbons (Fsp3) is 0.167. The van der Waals surface area contributed by atoms with Crippen LogP contribution in [0.2, 0.25) is 0 Å². The maximum absolute atomic E-state index is 13.3. The lowest BCUT2D eigenvalue weighted by atomic mass is 9.96. The quantitative estimate of drug-likeness (QED) is 0.498. The van der Waals surface area contributed by atoms with Crippen LogP contribution in [0.5, 0.6) is 5.75 Å². The summed E-state index contributed by atoms with van der Waals surface area (Å²) in [4.78, 5) is 13.3. The Labute approximate surface area is 177 Å². The number of ether oxygens (including phenoxy) is 1. The van der Waals surface area contributed by atoms with Crippen molar-refractivity contribution < 1.29 is 9.53 Å². The lowest BCUT2D eigenvalue weighted by Crippen LogP contribution is -2.45. The van der Waals surface area contributed by atoms with Crippen LogP contribution in [0.3, 0.4) is 0 Å². The van der Waals surface area contributed by atoms with Crippen molar-refractivity contribution in [3.8, 4) is 5.75 Å². The van der Waals surface area contributed by atoms with Crippen LogP contribution in [0.15, 0.2) is 82.4 Å². The standard InChI is InChI=1S/C24H19BrN2O2/c1-15-6-8-17(9-7-15)23(28)24-27-21(19-4-2-3-5-22(19)29-24)14-20(26-27)16-10-12-18(25)13-11-16/h2-13,21,24H,14H2,1H3/t21-,24+/m1/s1. The third-order valence-corrected chi connectivity index (χ3v) is 5.97. The number of hydrogen-bond donors (Lipinski definition) is 0. The van der Waals surface area contributed by atoms with Gasteiger partial charge in [0.15, 0.2) is 0 Å². The van der Waals surface area contributed by atoms with Crippen molar-refractivity contribution in [3.05, 3.63) is 99.5 Å². The van der Waals surface area contributed by atoms with Crippen LogP contribution < -0.4 is 4.74 Å². The zero-order valence-electron chi connectivity index (χ0n) is 15.9. The van der Waals surface area contributed by atoms with Crippen molar-refractivity contribution in [2.45, 2.75) is 25.6 Å². The number of carbonyl (C=O) groups excluding carboxylic acids is 1. The summed E-state index contributed by atoms with van der Waals surface area (Å²) in [5.41, 5.74) is 4.83. The van der Waals surface area contributed by atoms with E-state index in [0.717, 1.165) is 39.0 Å². The zero-order valence-corrected chi connectivity index (χ0v) is 17.5. The summed E-state index contributed by atoms with van der Waals surface area (Å²) in [6.07, 6.45) is -0.0368. The molecule has 2 heterocycles. The smallest absolute Gasteiger partial charge is 0.251 e. The van der Waals surface area contributed by atoms with Gasteiger partial charge in [0.2, 0.25) is 5.78 Å². The molecule has 0 radical (unpaired) electrons. The summed E-state index contributed by atoms with van der Waals surface area (Å²) < 4.78 is 7.18. The predicted molar refractivity (Wildman–Crippen MR) is 116 cm³/mol. The van der Waals surface area contributed by atoms with E-state index in [1.807, 2.05) is 78.7 Å². The number of para-hydroxylation sites is 1. The lowest BCUT2D eigenvalue weighted by Gasteiger charge is -2.37. The Morgan fingerprint density at radius 1 is 1.03 bits per heavy atom. The maximum atomic E-state index is 13.3. The third-order valence-electron chi connectivity index (χ3n) is 5.44. The molecule has 2 aliphatic rings. The fourth-order valence-electron chi connectivity index (χ4n) is 3.88. The molecule has 29 heavy (non-hydrogen) atoms. The van der Waals surface area contributed by atoms with Crippen LogP contribution in [-0.2, 0) is 0 Å². The fourth-order valence-corrected chi connectivity index (χ4v) is 4.15. The lowest BCUT2D eigenvalue weighted by molar-refractivity contribution is -0.00455. The molecule has 3 aromatic rings. The number of hydrogen-bond acceptors (Lipinski definition) is 4. The predicted octanol–water partition coefficient (Wildman–Crippen LogP) is 5.51. The van der Waals surface area contributed by atoms with Gasteiger partial charge >= 0.3 is 0 Å². The minimum Gasteiger partial charge on any atom is -0.461 e. The van der Waals surface area contributed by atoms with Crippen molar-refractivity contribution in [3.63, 3.8) is 0 Å². The first kappa shape index (κ1) is 18.1. The highest BCUT2D eigenvalue weighted by Crippen LogP contribution is 2.43. The van der Waals surface area contributed by atoms with Gasteiger partial charge in [0, 0.05) is 22.0 Å². The van der Waals surface area contributed by atoms with Gasteiger partial charge < -0.3 is 4.74 Å². The summed E-state index contributed by atoms with van der Waals surface area (Å²) in [5.74, 6) is 0.678. The average molecular weight is 447 g/mol. The molecule has 0 fully saturated rings. The minimum atomic E-state index is -0.773. The summed E-state index contributed by atoms with van der Waals surface area (Å²) in [5, 5.41) is 6.68. The Bertz CT molecular complexity index is 1110. The SMILES string of the molecule is Cc1ccc(C(=O)[C@@H]2Oc3ccccc3[C@H]3CC(c4ccc(Br)cc4)=NN32)cc1. The number of carbonyl (C=O) groups is 1. The van der Waals surface area contributed by atoms with Crippen molar-refractivity contribution in [2.75, 3.05) is 0 Å². The Morgan fingerprint density at radius 3 is 2.52 bits per heavy atom. The number of rotatable bonds is 3. The highest BCUT2D eigenvalue weighted by atomic mass is 79.9. The van der Waals surface area contributed by atoms with Gasteiger partial charge in [-0.3, -0.25) is 4.79 Å². The molecule has 0 N–H and O–H groups in total. The second-order valence-corrected chi connectivity index (χ2v) is 8.31. The molecule has 0 amide bonds. The van der Waals surface area contributed by atoms with E-state index in [1.54, 1.807) is 0 Å². The van der Waals surface area contributed by atoms with Crippen molar-refractivity contribution in [2.24, 2.45) is 5.10 Å². The largest absolute Gasteiger partial charge is 0.461 e. The van der Waals surface area contributed by atoms with Crippen LogP contribution in [0, 0.1) is 6.92 Å². The Morgan fingerprint density at radius 2 is 1.76 bits per heavy atom. The number of nitrogens with zero attached hydrogens (tertiary/aromatic N) is 2. The normalized spacial score (nSPS) is 19.8. The topological polar surface area (TPSA) is 41.9 Å². The van der Waals surface area contributed by atoms with E-state index < -0.39 is 6.23 Å². The molecule has 2 atom stereocenters. The second kappa shape index (κ2) is 7.16. The van der Waals surface area contributed by atoms with Crippen LogP contribution in [0.1, 0.15) is 39.5 Å². The summed E-state index contributed by atoms with van der Waals surface area (Å²) in [6.45, 7) is 2.01. The Hall–Kier alpha value is -2.92. The molecule has 0 spiro atoms. The average Bonchev–Trinajstić information content (AvgIpc) is 3.19. The second-order valence-electron chi connectivity index (χ2n) is 7.39. The van der Waals surface area contributed by atoms with Crippen molar-refractivity contribution in [1.82, 2.24) is 5.01 Å². The molecule has 0 saturated heterocycles. The zero-order chi connectivity index (χ0) is 20.0. The van der Waals surface area contributed by atoms with Gasteiger partial charge in [-0.1, -0.05) is 76.1 Å². The van der Waals surface area contributed by atoms with E-state index in [2.05, 4.69) is 22.0 Å². The molecule has 4 nitrogen and oxygen atoms in total. The third kappa shape index (κ3) is 3.25. The van der Waals surface area contributed by atoms with Gasteiger partial charge in [-0.05, 0) is 30.7 Å². The molecule has 0 aliphatic carbocycles. The van der Waals surface area contributed by atoms with Gasteiger partial charge in [-0.25, -0.2) is 5.01 Å². The van der Waals surface area contributed by atoms with Crippen LogP contribution >= 0.6 is 15.9 Å². The first-order valence-electron chi connectivity index (χ1n) is 9.58. The number of aryl methyl sites for hydroxylation is 1. The van der Waals surface area contributed by atoms with E-state index in [-0.39, 0.29) is 11.8 Å². The molecule has 2 aliphatic heterocycles. The molecular weight excluding hydrogens is 428 g/mol. The molecule has 0 bridgehead atoms. The molecule has 144 valence electrons. The summed E-state index contributed by atoms with van der Waals surface area (Å²) in [6, 6.07) is 23.6. The van der Waals surface area contributed by atoms with Gasteiger partial charge in [0.05, 0.1) is 11.8 Å². The van der Waals surface area contributed by atoms with E-state index >= 15 is 0 Å². The molecule has 0 unspecified atom stereocenters. The van der Waals surface area contributed by atoms with Crippen molar-refractivity contribution >= 4 is 27.4 Å². The maximum Gasteiger partial charge on any atom is 0.251 e. The van der Waals surface area contributed by atoms with Gasteiger partial charge in [-0.2, -0.15) is 5.10 Å². The van der Waals surface area contributed by atoms with E-state index in [1.165, 1.54) is 0 Å². The molecule has 3 aromatic carbocycles. The number of benzene rings is 3. The number of fused-ring (bicyclic) bond motifs is 3. The Kier molecular flexibility index (Phi) is 4.47. The minimum absolute atomic E-state index is 0.0157. The van der Waals surface area contributed by atoms with Crippen LogP contribution in [-0.4, -0.2) is 22.7 Å². The Balaban J connectivity index is 1.55.